The van der Waals surface area contributed by atoms with Crippen LogP contribution in [0.25, 0.3) is 0 Å². The second kappa shape index (κ2) is 2.21. The quantitative estimate of drug-likeness (QED) is 0.613. The van der Waals surface area contributed by atoms with Gasteiger partial charge in [0.2, 0.25) is 5.91 Å². The molecule has 0 bridgehead atoms. The predicted molar refractivity (Wildman–Crippen MR) is 42.0 cm³/mol. The van der Waals surface area contributed by atoms with Gasteiger partial charge in [0.1, 0.15) is 5.54 Å². The Morgan fingerprint density at radius 1 is 1.27 bits per heavy atom. The SMILES string of the molecule is NC(=O)C1(N2CCCC2)CC1. The molecule has 1 aliphatic carbocycles. The second-order valence-corrected chi connectivity index (χ2v) is 3.59. The van der Waals surface area contributed by atoms with E-state index in [-0.39, 0.29) is 11.4 Å². The van der Waals surface area contributed by atoms with Crippen LogP contribution in [-0.4, -0.2) is 29.4 Å². The lowest BCUT2D eigenvalue weighted by atomic mass is 10.2. The molecule has 2 aliphatic rings. The minimum atomic E-state index is -0.198. The van der Waals surface area contributed by atoms with E-state index in [9.17, 15) is 4.79 Å². The summed E-state index contributed by atoms with van der Waals surface area (Å²) in [5.74, 6) is -0.112. The fourth-order valence-electron chi connectivity index (χ4n) is 1.98. The minimum Gasteiger partial charge on any atom is -0.368 e. The van der Waals surface area contributed by atoms with Crippen molar-refractivity contribution in [2.75, 3.05) is 13.1 Å². The van der Waals surface area contributed by atoms with E-state index in [1.165, 1.54) is 12.8 Å². The zero-order valence-corrected chi connectivity index (χ0v) is 6.68. The molecule has 0 aromatic carbocycles. The van der Waals surface area contributed by atoms with Gasteiger partial charge in [-0.05, 0) is 38.8 Å². The number of primary amides is 1. The summed E-state index contributed by atoms with van der Waals surface area (Å²) in [4.78, 5) is 13.3. The Kier molecular flexibility index (Phi) is 1.42. The van der Waals surface area contributed by atoms with Crippen LogP contribution in [0.1, 0.15) is 25.7 Å². The van der Waals surface area contributed by atoms with Crippen molar-refractivity contribution in [3.63, 3.8) is 0 Å². The highest BCUT2D eigenvalue weighted by molar-refractivity contribution is 5.87. The molecule has 1 saturated heterocycles. The fraction of sp³-hybridized carbons (Fsp3) is 0.875. The van der Waals surface area contributed by atoms with Crippen molar-refractivity contribution in [2.45, 2.75) is 31.2 Å². The van der Waals surface area contributed by atoms with Gasteiger partial charge in [0.15, 0.2) is 0 Å². The van der Waals surface area contributed by atoms with Crippen molar-refractivity contribution < 1.29 is 4.79 Å². The molecule has 0 aromatic rings. The largest absolute Gasteiger partial charge is 0.368 e. The van der Waals surface area contributed by atoms with E-state index < -0.39 is 0 Å². The second-order valence-electron chi connectivity index (χ2n) is 3.59. The van der Waals surface area contributed by atoms with Crippen LogP contribution in [0.2, 0.25) is 0 Å². The monoisotopic (exact) mass is 154 g/mol. The maximum atomic E-state index is 11.1. The van der Waals surface area contributed by atoms with Crippen LogP contribution in [0.3, 0.4) is 0 Å². The first-order valence-electron chi connectivity index (χ1n) is 4.31. The zero-order chi connectivity index (χ0) is 7.90. The molecule has 2 fully saturated rings. The third kappa shape index (κ3) is 0.948. The molecule has 2 rings (SSSR count). The van der Waals surface area contributed by atoms with Crippen molar-refractivity contribution in [1.29, 1.82) is 0 Å². The van der Waals surface area contributed by atoms with E-state index in [1.807, 2.05) is 0 Å². The lowest BCUT2D eigenvalue weighted by Gasteiger charge is -2.23. The number of nitrogens with zero attached hydrogens (tertiary/aromatic N) is 1. The number of rotatable bonds is 2. The van der Waals surface area contributed by atoms with Crippen LogP contribution >= 0.6 is 0 Å². The molecule has 3 heteroatoms. The summed E-state index contributed by atoms with van der Waals surface area (Å²) < 4.78 is 0. The van der Waals surface area contributed by atoms with E-state index in [1.54, 1.807) is 0 Å². The van der Waals surface area contributed by atoms with E-state index >= 15 is 0 Å². The number of carbonyl (C=O) groups excluding carboxylic acids is 1. The first-order valence-corrected chi connectivity index (χ1v) is 4.31. The molecule has 1 heterocycles. The van der Waals surface area contributed by atoms with Crippen molar-refractivity contribution >= 4 is 5.91 Å². The summed E-state index contributed by atoms with van der Waals surface area (Å²) in [6, 6.07) is 0. The number of likely N-dealkylation sites (tertiary alicyclic amines) is 1. The number of carbonyl (C=O) groups is 1. The van der Waals surface area contributed by atoms with E-state index in [0.717, 1.165) is 25.9 Å². The molecule has 1 saturated carbocycles. The predicted octanol–water partition coefficient (Wildman–Crippen LogP) is 0.100. The van der Waals surface area contributed by atoms with Crippen LogP contribution in [0.15, 0.2) is 0 Å². The minimum absolute atomic E-state index is 0.112. The van der Waals surface area contributed by atoms with Gasteiger partial charge in [0, 0.05) is 0 Å². The first kappa shape index (κ1) is 7.10. The zero-order valence-electron chi connectivity index (χ0n) is 6.68. The Bertz CT molecular complexity index is 181. The summed E-state index contributed by atoms with van der Waals surface area (Å²) in [7, 11) is 0. The summed E-state index contributed by atoms with van der Waals surface area (Å²) in [5, 5.41) is 0. The van der Waals surface area contributed by atoms with Crippen LogP contribution in [0.4, 0.5) is 0 Å². The standard InChI is InChI=1S/C8H14N2O/c9-7(11)8(3-4-8)10-5-1-2-6-10/h1-6H2,(H2,9,11). The van der Waals surface area contributed by atoms with Gasteiger partial charge in [-0.15, -0.1) is 0 Å². The highest BCUT2D eigenvalue weighted by Gasteiger charge is 2.53. The van der Waals surface area contributed by atoms with Crippen LogP contribution in [-0.2, 0) is 4.79 Å². The highest BCUT2D eigenvalue weighted by atomic mass is 16.2. The first-order chi connectivity index (χ1) is 5.26. The van der Waals surface area contributed by atoms with Crippen molar-refractivity contribution in [2.24, 2.45) is 5.73 Å². The summed E-state index contributed by atoms with van der Waals surface area (Å²) >= 11 is 0. The Balaban J connectivity index is 2.07. The normalized spacial score (nSPS) is 28.7. The number of amides is 1. The van der Waals surface area contributed by atoms with Gasteiger partial charge >= 0.3 is 0 Å². The molecule has 2 N–H and O–H groups in total. The Morgan fingerprint density at radius 2 is 1.82 bits per heavy atom. The molecule has 0 aromatic heterocycles. The smallest absolute Gasteiger partial charge is 0.237 e. The van der Waals surface area contributed by atoms with E-state index in [0.29, 0.717) is 0 Å². The third-order valence-corrected chi connectivity index (χ3v) is 2.89. The van der Waals surface area contributed by atoms with Gasteiger partial charge in [-0.1, -0.05) is 0 Å². The molecule has 1 aliphatic heterocycles. The topological polar surface area (TPSA) is 46.3 Å². The third-order valence-electron chi connectivity index (χ3n) is 2.89. The Labute approximate surface area is 66.5 Å². The maximum absolute atomic E-state index is 11.1. The van der Waals surface area contributed by atoms with Crippen molar-refractivity contribution in [1.82, 2.24) is 4.90 Å². The molecule has 62 valence electrons. The van der Waals surface area contributed by atoms with E-state index in [4.69, 9.17) is 5.73 Å². The average molecular weight is 154 g/mol. The summed E-state index contributed by atoms with van der Waals surface area (Å²) in [6.07, 6.45) is 4.44. The fourth-order valence-corrected chi connectivity index (χ4v) is 1.98. The Hall–Kier alpha value is -0.570. The molecule has 0 spiro atoms. The molecular weight excluding hydrogens is 140 g/mol. The van der Waals surface area contributed by atoms with Gasteiger partial charge in [-0.2, -0.15) is 0 Å². The average Bonchev–Trinajstić information content (AvgIpc) is 2.61. The molecule has 11 heavy (non-hydrogen) atoms. The molecule has 0 radical (unpaired) electrons. The lowest BCUT2D eigenvalue weighted by molar-refractivity contribution is -0.124. The number of hydrogen-bond acceptors (Lipinski definition) is 2. The Morgan fingerprint density at radius 3 is 2.18 bits per heavy atom. The number of hydrogen-bond donors (Lipinski definition) is 1. The van der Waals surface area contributed by atoms with Crippen molar-refractivity contribution in [3.8, 4) is 0 Å². The van der Waals surface area contributed by atoms with Crippen LogP contribution in [0, 0.1) is 0 Å². The lowest BCUT2D eigenvalue weighted by Crippen LogP contribution is -2.45. The van der Waals surface area contributed by atoms with Gasteiger partial charge in [0.05, 0.1) is 0 Å². The van der Waals surface area contributed by atoms with Crippen LogP contribution < -0.4 is 5.73 Å². The summed E-state index contributed by atoms with van der Waals surface area (Å²) in [5.41, 5.74) is 5.13. The summed E-state index contributed by atoms with van der Waals surface area (Å²) in [6.45, 7) is 2.14. The van der Waals surface area contributed by atoms with Gasteiger partial charge in [0.25, 0.3) is 0 Å². The van der Waals surface area contributed by atoms with E-state index in [2.05, 4.69) is 4.90 Å². The van der Waals surface area contributed by atoms with Gasteiger partial charge < -0.3 is 5.73 Å². The molecule has 0 unspecified atom stereocenters. The molecule has 3 nitrogen and oxygen atoms in total. The number of nitrogens with two attached hydrogens (primary N) is 1. The van der Waals surface area contributed by atoms with Gasteiger partial charge in [-0.25, -0.2) is 0 Å². The van der Waals surface area contributed by atoms with Crippen molar-refractivity contribution in [3.05, 3.63) is 0 Å². The highest BCUT2D eigenvalue weighted by Crippen LogP contribution is 2.42. The van der Waals surface area contributed by atoms with Crippen LogP contribution in [0.5, 0.6) is 0 Å². The molecule has 1 amide bonds. The van der Waals surface area contributed by atoms with Gasteiger partial charge in [-0.3, -0.25) is 9.69 Å². The molecule has 0 atom stereocenters. The molecular formula is C8H14N2O. The maximum Gasteiger partial charge on any atom is 0.237 e.